The Morgan fingerprint density at radius 2 is 2.18 bits per heavy atom. The molecule has 2 aromatic heterocycles. The maximum absolute atomic E-state index is 10.7. The molecule has 5 nitrogen and oxygen atoms in total. The summed E-state index contributed by atoms with van der Waals surface area (Å²) in [6, 6.07) is 3.08. The summed E-state index contributed by atoms with van der Waals surface area (Å²) in [6.07, 6.45) is 3.40. The quantitative estimate of drug-likeness (QED) is 0.867. The number of rotatable bonds is 4. The van der Waals surface area contributed by atoms with E-state index in [1.807, 2.05) is 12.1 Å². The molecule has 0 aliphatic carbocycles. The summed E-state index contributed by atoms with van der Waals surface area (Å²) in [5.74, 6) is -0.319. The molecule has 0 amide bonds. The van der Waals surface area contributed by atoms with Crippen LogP contribution in [0, 0.1) is 0 Å². The maximum atomic E-state index is 10.7. The van der Waals surface area contributed by atoms with Crippen LogP contribution in [-0.2, 0) is 4.79 Å². The number of carboxylic acids is 1. The highest BCUT2D eigenvalue weighted by atomic mass is 32.1. The summed E-state index contributed by atoms with van der Waals surface area (Å²) in [5.41, 5.74) is 0.973. The van der Waals surface area contributed by atoms with E-state index < -0.39 is 12.0 Å². The van der Waals surface area contributed by atoms with Crippen LogP contribution in [0.25, 0.3) is 10.6 Å². The van der Waals surface area contributed by atoms with Crippen LogP contribution in [0.3, 0.4) is 0 Å². The zero-order valence-corrected chi connectivity index (χ0v) is 9.94. The standard InChI is InChI=1S/C11H11N3O2S/c1-7(11(15)16)13-9-6-17-10(14-9)8-2-4-12-5-3-8/h2-7,13H,1H3,(H,15,16)/t7-/m0/s1. The second-order valence-corrected chi connectivity index (χ2v) is 4.34. The number of nitrogens with zero attached hydrogens (tertiary/aromatic N) is 2. The van der Waals surface area contributed by atoms with Crippen molar-refractivity contribution in [2.24, 2.45) is 0 Å². The zero-order chi connectivity index (χ0) is 12.3. The molecule has 17 heavy (non-hydrogen) atoms. The minimum Gasteiger partial charge on any atom is -0.480 e. The first-order valence-electron chi connectivity index (χ1n) is 5.02. The number of hydrogen-bond donors (Lipinski definition) is 2. The summed E-state index contributed by atoms with van der Waals surface area (Å²) < 4.78 is 0. The molecule has 6 heteroatoms. The molecule has 0 saturated carbocycles. The Hall–Kier alpha value is -1.95. The molecule has 2 N–H and O–H groups in total. The van der Waals surface area contributed by atoms with Gasteiger partial charge >= 0.3 is 5.97 Å². The van der Waals surface area contributed by atoms with Crippen LogP contribution in [-0.4, -0.2) is 27.1 Å². The number of hydrogen-bond acceptors (Lipinski definition) is 5. The Kier molecular flexibility index (Phi) is 3.34. The van der Waals surface area contributed by atoms with E-state index >= 15 is 0 Å². The molecule has 0 unspecified atom stereocenters. The number of thiazole rings is 1. The highest BCUT2D eigenvalue weighted by Gasteiger charge is 2.12. The average Bonchev–Trinajstić information content (AvgIpc) is 2.78. The monoisotopic (exact) mass is 249 g/mol. The van der Waals surface area contributed by atoms with Gasteiger partial charge in [0, 0.05) is 23.3 Å². The molecule has 88 valence electrons. The van der Waals surface area contributed by atoms with Gasteiger partial charge in [-0.3, -0.25) is 9.78 Å². The fourth-order valence-electron chi connectivity index (χ4n) is 1.25. The zero-order valence-electron chi connectivity index (χ0n) is 9.12. The Morgan fingerprint density at radius 1 is 1.47 bits per heavy atom. The highest BCUT2D eigenvalue weighted by Crippen LogP contribution is 2.25. The molecule has 0 aromatic carbocycles. The molecular weight excluding hydrogens is 238 g/mol. The molecule has 2 rings (SSSR count). The third-order valence-corrected chi connectivity index (χ3v) is 3.06. The van der Waals surface area contributed by atoms with Gasteiger partial charge in [0.05, 0.1) is 0 Å². The number of anilines is 1. The van der Waals surface area contributed by atoms with Gasteiger partial charge < -0.3 is 10.4 Å². The minimum absolute atomic E-state index is 0.580. The van der Waals surface area contributed by atoms with E-state index in [0.29, 0.717) is 5.82 Å². The van der Waals surface area contributed by atoms with E-state index in [4.69, 9.17) is 5.11 Å². The van der Waals surface area contributed by atoms with Crippen molar-refractivity contribution in [1.29, 1.82) is 0 Å². The van der Waals surface area contributed by atoms with Crippen LogP contribution >= 0.6 is 11.3 Å². The van der Waals surface area contributed by atoms with Crippen LogP contribution in [0.1, 0.15) is 6.92 Å². The Balaban J connectivity index is 2.14. The molecule has 2 aromatic rings. The smallest absolute Gasteiger partial charge is 0.325 e. The summed E-state index contributed by atoms with van der Waals surface area (Å²) in [4.78, 5) is 18.9. The van der Waals surface area contributed by atoms with Crippen molar-refractivity contribution in [3.8, 4) is 10.6 Å². The fourth-order valence-corrected chi connectivity index (χ4v) is 2.02. The van der Waals surface area contributed by atoms with Gasteiger partial charge in [0.25, 0.3) is 0 Å². The summed E-state index contributed by atoms with van der Waals surface area (Å²) in [5, 5.41) is 14.2. The van der Waals surface area contributed by atoms with E-state index in [-0.39, 0.29) is 0 Å². The molecule has 2 heterocycles. The molecule has 0 spiro atoms. The normalized spacial score (nSPS) is 12.1. The van der Waals surface area contributed by atoms with Gasteiger partial charge in [-0.05, 0) is 19.1 Å². The second kappa shape index (κ2) is 4.92. The summed E-state index contributed by atoms with van der Waals surface area (Å²) in [7, 11) is 0. The lowest BCUT2D eigenvalue weighted by Crippen LogP contribution is -2.25. The molecule has 1 atom stereocenters. The molecule has 0 fully saturated rings. The Morgan fingerprint density at radius 3 is 2.82 bits per heavy atom. The first-order chi connectivity index (χ1) is 8.16. The number of pyridine rings is 1. The molecular formula is C11H11N3O2S. The van der Waals surface area contributed by atoms with Crippen LogP contribution in [0.2, 0.25) is 0 Å². The third-order valence-electron chi connectivity index (χ3n) is 2.17. The molecule has 0 aliphatic rings. The van der Waals surface area contributed by atoms with E-state index in [1.54, 1.807) is 24.7 Å². The van der Waals surface area contributed by atoms with E-state index in [2.05, 4.69) is 15.3 Å². The van der Waals surface area contributed by atoms with Gasteiger partial charge in [0.1, 0.15) is 16.9 Å². The van der Waals surface area contributed by atoms with Crippen molar-refractivity contribution in [3.05, 3.63) is 29.9 Å². The average molecular weight is 249 g/mol. The number of carbonyl (C=O) groups is 1. The van der Waals surface area contributed by atoms with Crippen LogP contribution in [0.4, 0.5) is 5.82 Å². The Labute approximate surface area is 102 Å². The minimum atomic E-state index is -0.900. The molecule has 0 aliphatic heterocycles. The van der Waals surface area contributed by atoms with Crippen LogP contribution < -0.4 is 5.32 Å². The Bertz CT molecular complexity index is 512. The van der Waals surface area contributed by atoms with Crippen molar-refractivity contribution < 1.29 is 9.90 Å². The van der Waals surface area contributed by atoms with Crippen LogP contribution in [0.5, 0.6) is 0 Å². The van der Waals surface area contributed by atoms with Gasteiger partial charge in [-0.25, -0.2) is 4.98 Å². The summed E-state index contributed by atoms with van der Waals surface area (Å²) in [6.45, 7) is 1.58. The first kappa shape index (κ1) is 11.5. The number of carboxylic acid groups (broad SMARTS) is 1. The largest absolute Gasteiger partial charge is 0.480 e. The highest BCUT2D eigenvalue weighted by molar-refractivity contribution is 7.13. The predicted octanol–water partition coefficient (Wildman–Crippen LogP) is 2.09. The lowest BCUT2D eigenvalue weighted by Gasteiger charge is -2.06. The lowest BCUT2D eigenvalue weighted by atomic mass is 10.3. The van der Waals surface area contributed by atoms with Gasteiger partial charge in [0.15, 0.2) is 0 Å². The molecule has 0 saturated heterocycles. The molecule has 0 bridgehead atoms. The maximum Gasteiger partial charge on any atom is 0.325 e. The molecule has 0 radical (unpaired) electrons. The number of aromatic nitrogens is 2. The van der Waals surface area contributed by atoms with Crippen molar-refractivity contribution in [3.63, 3.8) is 0 Å². The SMILES string of the molecule is C[C@H](Nc1csc(-c2ccncc2)n1)C(=O)O. The van der Waals surface area contributed by atoms with Crippen molar-refractivity contribution >= 4 is 23.1 Å². The van der Waals surface area contributed by atoms with Crippen molar-refractivity contribution in [2.75, 3.05) is 5.32 Å². The summed E-state index contributed by atoms with van der Waals surface area (Å²) >= 11 is 1.46. The lowest BCUT2D eigenvalue weighted by molar-refractivity contribution is -0.137. The third kappa shape index (κ3) is 2.79. The van der Waals surface area contributed by atoms with Gasteiger partial charge in [-0.1, -0.05) is 0 Å². The second-order valence-electron chi connectivity index (χ2n) is 3.48. The predicted molar refractivity (Wildman–Crippen MR) is 66.1 cm³/mol. The van der Waals surface area contributed by atoms with Crippen LogP contribution in [0.15, 0.2) is 29.9 Å². The van der Waals surface area contributed by atoms with Gasteiger partial charge in [0.2, 0.25) is 0 Å². The van der Waals surface area contributed by atoms with E-state index in [9.17, 15) is 4.79 Å². The van der Waals surface area contributed by atoms with Gasteiger partial charge in [-0.15, -0.1) is 11.3 Å². The number of nitrogens with one attached hydrogen (secondary N) is 1. The van der Waals surface area contributed by atoms with E-state index in [0.717, 1.165) is 10.6 Å². The van der Waals surface area contributed by atoms with Crippen molar-refractivity contribution in [1.82, 2.24) is 9.97 Å². The topological polar surface area (TPSA) is 75.1 Å². The fraction of sp³-hybridized carbons (Fsp3) is 0.182. The first-order valence-corrected chi connectivity index (χ1v) is 5.90. The number of aliphatic carboxylic acids is 1. The van der Waals surface area contributed by atoms with E-state index in [1.165, 1.54) is 11.3 Å². The van der Waals surface area contributed by atoms with Gasteiger partial charge in [-0.2, -0.15) is 0 Å². The van der Waals surface area contributed by atoms with Crippen molar-refractivity contribution in [2.45, 2.75) is 13.0 Å².